The van der Waals surface area contributed by atoms with Crippen LogP contribution in [0, 0.1) is 5.92 Å². The number of furan rings is 1. The smallest absolute Gasteiger partial charge is 0.287 e. The summed E-state index contributed by atoms with van der Waals surface area (Å²) in [6.07, 6.45) is 2.34. The summed E-state index contributed by atoms with van der Waals surface area (Å²) in [6, 6.07) is 7.84. The van der Waals surface area contributed by atoms with Crippen LogP contribution in [0.5, 0.6) is 0 Å². The second-order valence-corrected chi connectivity index (χ2v) is 6.57. The largest absolute Gasteiger partial charge is 0.451 e. The van der Waals surface area contributed by atoms with E-state index in [1.807, 2.05) is 38.4 Å². The minimum Gasteiger partial charge on any atom is -0.451 e. The summed E-state index contributed by atoms with van der Waals surface area (Å²) in [6.45, 7) is 3.45. The SMILES string of the molecule is CN(C)Cc1c(C(=O)NCC2CCCNC2)oc2ccccc12. The quantitative estimate of drug-likeness (QED) is 0.888. The zero-order valence-electron chi connectivity index (χ0n) is 13.9. The van der Waals surface area contributed by atoms with E-state index in [1.165, 1.54) is 6.42 Å². The average Bonchev–Trinajstić information content (AvgIpc) is 2.92. The van der Waals surface area contributed by atoms with Gasteiger partial charge in [0.15, 0.2) is 5.76 Å². The molecule has 2 N–H and O–H groups in total. The predicted molar refractivity (Wildman–Crippen MR) is 91.5 cm³/mol. The van der Waals surface area contributed by atoms with Crippen molar-refractivity contribution in [1.82, 2.24) is 15.5 Å². The molecule has 1 amide bonds. The van der Waals surface area contributed by atoms with Crippen molar-refractivity contribution in [2.75, 3.05) is 33.7 Å². The Hall–Kier alpha value is -1.85. The van der Waals surface area contributed by atoms with E-state index >= 15 is 0 Å². The van der Waals surface area contributed by atoms with Crippen molar-refractivity contribution in [3.8, 4) is 0 Å². The highest BCUT2D eigenvalue weighted by molar-refractivity contribution is 5.99. The first-order valence-electron chi connectivity index (χ1n) is 8.29. The predicted octanol–water partition coefficient (Wildman–Crippen LogP) is 2.22. The highest BCUT2D eigenvalue weighted by Gasteiger charge is 2.22. The van der Waals surface area contributed by atoms with Crippen molar-refractivity contribution in [2.45, 2.75) is 19.4 Å². The van der Waals surface area contributed by atoms with Gasteiger partial charge in [0.05, 0.1) is 0 Å². The fraction of sp³-hybridized carbons (Fsp3) is 0.500. The van der Waals surface area contributed by atoms with Crippen LogP contribution < -0.4 is 10.6 Å². The van der Waals surface area contributed by atoms with Gasteiger partial charge in [-0.25, -0.2) is 0 Å². The molecule has 3 rings (SSSR count). The number of fused-ring (bicyclic) bond motifs is 1. The molecule has 1 aromatic carbocycles. The number of piperidine rings is 1. The van der Waals surface area contributed by atoms with Crippen LogP contribution in [-0.2, 0) is 6.54 Å². The summed E-state index contributed by atoms with van der Waals surface area (Å²) in [7, 11) is 3.99. The van der Waals surface area contributed by atoms with E-state index in [2.05, 4.69) is 15.5 Å². The summed E-state index contributed by atoms with van der Waals surface area (Å²) in [5.74, 6) is 0.849. The lowest BCUT2D eigenvalue weighted by Gasteiger charge is -2.22. The van der Waals surface area contributed by atoms with E-state index in [0.29, 0.717) is 24.8 Å². The fourth-order valence-electron chi connectivity index (χ4n) is 3.17. The first kappa shape index (κ1) is 16.0. The minimum atomic E-state index is -0.108. The third kappa shape index (κ3) is 3.74. The lowest BCUT2D eigenvalue weighted by Crippen LogP contribution is -2.38. The van der Waals surface area contributed by atoms with E-state index in [-0.39, 0.29) is 5.91 Å². The third-order valence-electron chi connectivity index (χ3n) is 4.33. The molecule has 0 bridgehead atoms. The van der Waals surface area contributed by atoms with Crippen molar-refractivity contribution in [1.29, 1.82) is 0 Å². The molecule has 0 saturated carbocycles. The molecule has 1 aliphatic heterocycles. The van der Waals surface area contributed by atoms with Crippen LogP contribution in [0.15, 0.2) is 28.7 Å². The highest BCUT2D eigenvalue weighted by Crippen LogP contribution is 2.26. The van der Waals surface area contributed by atoms with Gasteiger partial charge in [-0.1, -0.05) is 18.2 Å². The molecule has 1 unspecified atom stereocenters. The Bertz CT molecular complexity index is 672. The first-order chi connectivity index (χ1) is 11.1. The Balaban J connectivity index is 1.78. The van der Waals surface area contributed by atoms with Gasteiger partial charge in [0, 0.05) is 24.0 Å². The second kappa shape index (κ2) is 7.15. The van der Waals surface area contributed by atoms with Crippen molar-refractivity contribution in [3.05, 3.63) is 35.6 Å². The average molecular weight is 315 g/mol. The van der Waals surface area contributed by atoms with Gasteiger partial charge in [0.2, 0.25) is 0 Å². The summed E-state index contributed by atoms with van der Waals surface area (Å²) < 4.78 is 5.85. The van der Waals surface area contributed by atoms with Gasteiger partial charge in [0.1, 0.15) is 5.58 Å². The van der Waals surface area contributed by atoms with Gasteiger partial charge < -0.3 is 20.0 Å². The lowest BCUT2D eigenvalue weighted by atomic mass is 10.00. The van der Waals surface area contributed by atoms with E-state index < -0.39 is 0 Å². The van der Waals surface area contributed by atoms with Gasteiger partial charge in [-0.05, 0) is 52.0 Å². The van der Waals surface area contributed by atoms with Gasteiger partial charge in [-0.2, -0.15) is 0 Å². The summed E-state index contributed by atoms with van der Waals surface area (Å²) in [5.41, 5.74) is 1.73. The van der Waals surface area contributed by atoms with Crippen LogP contribution >= 0.6 is 0 Å². The fourth-order valence-corrected chi connectivity index (χ4v) is 3.17. The van der Waals surface area contributed by atoms with E-state index in [9.17, 15) is 4.79 Å². The van der Waals surface area contributed by atoms with Crippen LogP contribution in [0.1, 0.15) is 29.0 Å². The molecule has 5 heteroatoms. The molecule has 1 fully saturated rings. The van der Waals surface area contributed by atoms with Crippen LogP contribution in [0.4, 0.5) is 0 Å². The molecule has 1 aromatic heterocycles. The van der Waals surface area contributed by atoms with Crippen LogP contribution in [0.2, 0.25) is 0 Å². The van der Waals surface area contributed by atoms with Gasteiger partial charge in [0.25, 0.3) is 5.91 Å². The molecular formula is C18H25N3O2. The monoisotopic (exact) mass is 315 g/mol. The van der Waals surface area contributed by atoms with E-state index in [0.717, 1.165) is 36.0 Å². The number of nitrogens with one attached hydrogen (secondary N) is 2. The van der Waals surface area contributed by atoms with E-state index in [1.54, 1.807) is 0 Å². The molecule has 1 atom stereocenters. The topological polar surface area (TPSA) is 57.5 Å². The number of hydrogen-bond acceptors (Lipinski definition) is 4. The van der Waals surface area contributed by atoms with Gasteiger partial charge in [-0.15, -0.1) is 0 Å². The van der Waals surface area contributed by atoms with E-state index in [4.69, 9.17) is 4.42 Å². The maximum Gasteiger partial charge on any atom is 0.287 e. The van der Waals surface area contributed by atoms with Crippen molar-refractivity contribution in [3.63, 3.8) is 0 Å². The van der Waals surface area contributed by atoms with Crippen molar-refractivity contribution < 1.29 is 9.21 Å². The maximum absolute atomic E-state index is 12.6. The number of nitrogens with zero attached hydrogens (tertiary/aromatic N) is 1. The Morgan fingerprint density at radius 2 is 2.22 bits per heavy atom. The highest BCUT2D eigenvalue weighted by atomic mass is 16.3. The van der Waals surface area contributed by atoms with Crippen LogP contribution in [0.3, 0.4) is 0 Å². The van der Waals surface area contributed by atoms with Crippen molar-refractivity contribution >= 4 is 16.9 Å². The standard InChI is InChI=1S/C18H25N3O2/c1-21(2)12-15-14-7-3-4-8-16(14)23-17(15)18(22)20-11-13-6-5-9-19-10-13/h3-4,7-8,13,19H,5-6,9-12H2,1-2H3,(H,20,22). The van der Waals surface area contributed by atoms with Gasteiger partial charge in [-0.3, -0.25) is 4.79 Å². The van der Waals surface area contributed by atoms with Crippen LogP contribution in [0.25, 0.3) is 11.0 Å². The molecule has 1 saturated heterocycles. The normalized spacial score (nSPS) is 18.5. The summed E-state index contributed by atoms with van der Waals surface area (Å²) in [5, 5.41) is 7.45. The number of carbonyl (C=O) groups excluding carboxylic acids is 1. The van der Waals surface area contributed by atoms with Gasteiger partial charge >= 0.3 is 0 Å². The Morgan fingerprint density at radius 1 is 1.39 bits per heavy atom. The molecule has 0 radical (unpaired) electrons. The maximum atomic E-state index is 12.6. The number of benzene rings is 1. The third-order valence-corrected chi connectivity index (χ3v) is 4.33. The molecule has 5 nitrogen and oxygen atoms in total. The molecule has 2 heterocycles. The molecule has 23 heavy (non-hydrogen) atoms. The molecule has 2 aromatic rings. The molecule has 0 spiro atoms. The molecule has 124 valence electrons. The molecule has 0 aliphatic carbocycles. The number of para-hydroxylation sites is 1. The Morgan fingerprint density at radius 3 is 2.96 bits per heavy atom. The lowest BCUT2D eigenvalue weighted by molar-refractivity contribution is 0.0917. The second-order valence-electron chi connectivity index (χ2n) is 6.57. The molecule has 1 aliphatic rings. The number of hydrogen-bond donors (Lipinski definition) is 2. The number of rotatable bonds is 5. The zero-order valence-corrected chi connectivity index (χ0v) is 13.9. The zero-order chi connectivity index (χ0) is 16.2. The minimum absolute atomic E-state index is 0.108. The number of carbonyl (C=O) groups is 1. The van der Waals surface area contributed by atoms with Crippen molar-refractivity contribution in [2.24, 2.45) is 5.92 Å². The molecular weight excluding hydrogens is 290 g/mol. The summed E-state index contributed by atoms with van der Waals surface area (Å²) in [4.78, 5) is 14.7. The summed E-state index contributed by atoms with van der Waals surface area (Å²) >= 11 is 0. The van der Waals surface area contributed by atoms with Crippen LogP contribution in [-0.4, -0.2) is 44.5 Å². The Kier molecular flexibility index (Phi) is 4.98. The first-order valence-corrected chi connectivity index (χ1v) is 8.29. The Labute approximate surface area is 137 Å². The number of amides is 1.